The van der Waals surface area contributed by atoms with Gasteiger partial charge in [-0.1, -0.05) is 0 Å². The highest BCUT2D eigenvalue weighted by Gasteiger charge is 2.31. The van der Waals surface area contributed by atoms with Gasteiger partial charge in [-0.2, -0.15) is 13.2 Å². The molecule has 0 aromatic carbocycles. The Labute approximate surface area is 68.5 Å². The van der Waals surface area contributed by atoms with Gasteiger partial charge in [0.15, 0.2) is 5.16 Å². The zero-order chi connectivity index (χ0) is 9.19. The van der Waals surface area contributed by atoms with Crippen LogP contribution in [0.2, 0.25) is 0 Å². The van der Waals surface area contributed by atoms with Gasteiger partial charge in [0, 0.05) is 12.4 Å². The predicted molar refractivity (Wildman–Crippen MR) is 35.9 cm³/mol. The molecule has 1 aromatic rings. The molecule has 0 bridgehead atoms. The lowest BCUT2D eigenvalue weighted by atomic mass is 10.8. The number of alkyl halides is 3. The van der Waals surface area contributed by atoms with Gasteiger partial charge < -0.3 is 4.98 Å². The lowest BCUT2D eigenvalue weighted by molar-refractivity contribution is -0.105. The fourth-order valence-corrected chi connectivity index (χ4v) is 1.40. The van der Waals surface area contributed by atoms with Crippen molar-refractivity contribution < 1.29 is 17.4 Å². The second-order valence-corrected chi connectivity index (χ2v) is 3.37. The van der Waals surface area contributed by atoms with Gasteiger partial charge in [-0.3, -0.25) is 4.21 Å². The normalized spacial score (nSPS) is 14.6. The van der Waals surface area contributed by atoms with E-state index in [4.69, 9.17) is 0 Å². The summed E-state index contributed by atoms with van der Waals surface area (Å²) < 4.78 is 45.8. The van der Waals surface area contributed by atoms with Crippen LogP contribution in [0, 0.1) is 0 Å². The fraction of sp³-hybridized carbons (Fsp3) is 0.400. The number of aromatic nitrogens is 2. The van der Waals surface area contributed by atoms with Crippen LogP contribution in [0.1, 0.15) is 0 Å². The van der Waals surface area contributed by atoms with Crippen molar-refractivity contribution in [3.8, 4) is 0 Å². The second-order valence-electron chi connectivity index (χ2n) is 2.00. The Hall–Kier alpha value is -0.850. The number of aromatic amines is 1. The van der Waals surface area contributed by atoms with E-state index < -0.39 is 22.7 Å². The summed E-state index contributed by atoms with van der Waals surface area (Å²) in [6.07, 6.45) is -1.84. The van der Waals surface area contributed by atoms with Crippen molar-refractivity contribution in [3.63, 3.8) is 0 Å². The molecule has 1 atom stereocenters. The highest BCUT2D eigenvalue weighted by Crippen LogP contribution is 2.17. The first kappa shape index (κ1) is 9.24. The number of halogens is 3. The van der Waals surface area contributed by atoms with Crippen LogP contribution < -0.4 is 0 Å². The molecule has 0 fully saturated rings. The van der Waals surface area contributed by atoms with Crippen molar-refractivity contribution in [1.82, 2.24) is 9.97 Å². The quantitative estimate of drug-likeness (QED) is 0.772. The molecule has 0 saturated heterocycles. The van der Waals surface area contributed by atoms with E-state index in [-0.39, 0.29) is 5.16 Å². The summed E-state index contributed by atoms with van der Waals surface area (Å²) in [6, 6.07) is 0. The van der Waals surface area contributed by atoms with Crippen molar-refractivity contribution in [2.45, 2.75) is 11.3 Å². The van der Waals surface area contributed by atoms with E-state index in [1.54, 1.807) is 0 Å². The lowest BCUT2D eigenvalue weighted by Crippen LogP contribution is -2.19. The maximum atomic E-state index is 11.7. The first-order valence-corrected chi connectivity index (χ1v) is 4.25. The van der Waals surface area contributed by atoms with Crippen molar-refractivity contribution >= 4 is 10.8 Å². The van der Waals surface area contributed by atoms with Crippen LogP contribution in [0.4, 0.5) is 13.2 Å². The monoisotopic (exact) mass is 198 g/mol. The predicted octanol–water partition coefficient (Wildman–Crippen LogP) is 1.08. The van der Waals surface area contributed by atoms with E-state index in [2.05, 4.69) is 9.97 Å². The Morgan fingerprint density at radius 1 is 1.58 bits per heavy atom. The second kappa shape index (κ2) is 3.26. The van der Waals surface area contributed by atoms with Gasteiger partial charge in [-0.15, -0.1) is 0 Å². The van der Waals surface area contributed by atoms with Crippen LogP contribution in [-0.2, 0) is 10.8 Å². The van der Waals surface area contributed by atoms with Crippen LogP contribution in [0.15, 0.2) is 17.6 Å². The minimum atomic E-state index is -4.42. The van der Waals surface area contributed by atoms with Gasteiger partial charge in [0.25, 0.3) is 0 Å². The molecular weight excluding hydrogens is 193 g/mol. The Morgan fingerprint density at radius 2 is 2.25 bits per heavy atom. The summed E-state index contributed by atoms with van der Waals surface area (Å²) in [4.78, 5) is 5.79. The van der Waals surface area contributed by atoms with Gasteiger partial charge in [-0.25, -0.2) is 4.98 Å². The zero-order valence-electron chi connectivity index (χ0n) is 5.76. The molecule has 1 N–H and O–H groups in total. The van der Waals surface area contributed by atoms with Crippen molar-refractivity contribution in [2.24, 2.45) is 0 Å². The number of nitrogens with zero attached hydrogens (tertiary/aromatic N) is 1. The highest BCUT2D eigenvalue weighted by molar-refractivity contribution is 7.84. The molecule has 0 aliphatic rings. The first-order valence-electron chi connectivity index (χ1n) is 2.93. The Morgan fingerprint density at radius 3 is 2.67 bits per heavy atom. The summed E-state index contributed by atoms with van der Waals surface area (Å²) in [7, 11) is -2.11. The van der Waals surface area contributed by atoms with Gasteiger partial charge >= 0.3 is 6.18 Å². The zero-order valence-corrected chi connectivity index (χ0v) is 6.58. The molecular formula is C5H5F3N2OS. The van der Waals surface area contributed by atoms with Crippen molar-refractivity contribution in [2.75, 3.05) is 5.75 Å². The van der Waals surface area contributed by atoms with Gasteiger partial charge in [0.1, 0.15) is 5.75 Å². The Balaban J connectivity index is 2.63. The summed E-state index contributed by atoms with van der Waals surface area (Å²) in [6.45, 7) is 0. The first-order chi connectivity index (χ1) is 5.49. The number of H-pyrrole nitrogens is 1. The molecule has 0 spiro atoms. The van der Waals surface area contributed by atoms with E-state index in [9.17, 15) is 17.4 Å². The Kier molecular flexibility index (Phi) is 2.51. The lowest BCUT2D eigenvalue weighted by Gasteiger charge is -2.02. The topological polar surface area (TPSA) is 45.8 Å². The molecule has 7 heteroatoms. The van der Waals surface area contributed by atoms with E-state index in [0.717, 1.165) is 0 Å². The van der Waals surface area contributed by atoms with Crippen LogP contribution in [0.25, 0.3) is 0 Å². The largest absolute Gasteiger partial charge is 0.400 e. The highest BCUT2D eigenvalue weighted by atomic mass is 32.2. The third-order valence-electron chi connectivity index (χ3n) is 0.984. The SMILES string of the molecule is O=S(CC(F)(F)F)c1ncc[nH]1. The summed E-state index contributed by atoms with van der Waals surface area (Å²) in [5.74, 6) is -1.36. The molecule has 3 nitrogen and oxygen atoms in total. The molecule has 1 unspecified atom stereocenters. The average Bonchev–Trinajstić information content (AvgIpc) is 2.32. The van der Waals surface area contributed by atoms with Gasteiger partial charge in [0.2, 0.25) is 0 Å². The molecule has 68 valence electrons. The molecule has 0 saturated carbocycles. The average molecular weight is 198 g/mol. The summed E-state index contributed by atoms with van der Waals surface area (Å²) in [5.41, 5.74) is 0. The van der Waals surface area contributed by atoms with Crippen LogP contribution in [0.5, 0.6) is 0 Å². The van der Waals surface area contributed by atoms with Crippen LogP contribution in [-0.4, -0.2) is 26.1 Å². The maximum Gasteiger partial charge on any atom is 0.400 e. The summed E-state index contributed by atoms with van der Waals surface area (Å²) in [5, 5.41) is -0.146. The van der Waals surface area contributed by atoms with Crippen LogP contribution >= 0.6 is 0 Å². The molecule has 0 radical (unpaired) electrons. The standard InChI is InChI=1S/C5H5F3N2OS/c6-5(7,8)3-12(11)4-9-1-2-10-4/h1-2H,3H2,(H,9,10). The molecule has 1 aromatic heterocycles. The molecule has 0 amide bonds. The van der Waals surface area contributed by atoms with Gasteiger partial charge in [-0.05, 0) is 0 Å². The van der Waals surface area contributed by atoms with Crippen molar-refractivity contribution in [3.05, 3.63) is 12.4 Å². The van der Waals surface area contributed by atoms with E-state index in [0.29, 0.717) is 0 Å². The molecule has 1 heterocycles. The number of hydrogen-bond acceptors (Lipinski definition) is 2. The van der Waals surface area contributed by atoms with E-state index >= 15 is 0 Å². The Bertz CT molecular complexity index is 269. The molecule has 1 rings (SSSR count). The van der Waals surface area contributed by atoms with E-state index in [1.165, 1.54) is 12.4 Å². The van der Waals surface area contributed by atoms with Gasteiger partial charge in [0.05, 0.1) is 10.8 Å². The minimum absolute atomic E-state index is 0.146. The minimum Gasteiger partial charge on any atom is -0.338 e. The fourth-order valence-electron chi connectivity index (χ4n) is 0.592. The smallest absolute Gasteiger partial charge is 0.338 e. The number of imidazole rings is 1. The molecule has 0 aliphatic heterocycles. The molecule has 12 heavy (non-hydrogen) atoms. The third-order valence-corrected chi connectivity index (χ3v) is 2.23. The van der Waals surface area contributed by atoms with Crippen LogP contribution in [0.3, 0.4) is 0 Å². The number of hydrogen-bond donors (Lipinski definition) is 1. The summed E-state index contributed by atoms with van der Waals surface area (Å²) >= 11 is 0. The third kappa shape index (κ3) is 2.65. The van der Waals surface area contributed by atoms with Crippen molar-refractivity contribution in [1.29, 1.82) is 0 Å². The number of rotatable bonds is 2. The number of nitrogens with one attached hydrogen (secondary N) is 1. The molecule has 0 aliphatic carbocycles. The maximum absolute atomic E-state index is 11.7. The van der Waals surface area contributed by atoms with E-state index in [1.807, 2.05) is 0 Å².